The second kappa shape index (κ2) is 10.9. The molecule has 210 valence electrons. The Morgan fingerprint density at radius 1 is 1.00 bits per heavy atom. The molecule has 39 heavy (non-hydrogen) atoms. The summed E-state index contributed by atoms with van der Waals surface area (Å²) in [4.78, 5) is 49.1. The number of allylic oxidation sites excluding steroid dienone is 1. The summed E-state index contributed by atoms with van der Waals surface area (Å²) in [5.74, 6) is -0.00180. The van der Waals surface area contributed by atoms with Crippen molar-refractivity contribution < 1.29 is 29.0 Å². The van der Waals surface area contributed by atoms with Crippen molar-refractivity contribution >= 4 is 23.6 Å². The number of carbonyl (C=O) groups excluding carboxylic acids is 3. The van der Waals surface area contributed by atoms with Crippen LogP contribution in [-0.2, 0) is 30.3 Å². The van der Waals surface area contributed by atoms with Crippen LogP contribution in [0.5, 0.6) is 0 Å². The minimum absolute atomic E-state index is 0.0624. The maximum absolute atomic E-state index is 12.8. The summed E-state index contributed by atoms with van der Waals surface area (Å²) in [5, 5.41) is 12.1. The highest BCUT2D eigenvalue weighted by Crippen LogP contribution is 2.65. The van der Waals surface area contributed by atoms with Crippen molar-refractivity contribution in [3.8, 4) is 0 Å². The zero-order chi connectivity index (χ0) is 27.8. The molecule has 5 rings (SSSR count). The molecule has 7 atom stereocenters. The van der Waals surface area contributed by atoms with E-state index in [0.717, 1.165) is 50.5 Å². The van der Waals surface area contributed by atoms with Crippen LogP contribution in [0.2, 0.25) is 0 Å². The molecule has 3 saturated carbocycles. The fraction of sp³-hybridized carbons (Fsp3) is 0.625. The summed E-state index contributed by atoms with van der Waals surface area (Å²) in [7, 11) is 0. The average Bonchev–Trinajstić information content (AvgIpc) is 3.24. The number of hydrogen-bond acceptors (Lipinski definition) is 5. The predicted molar refractivity (Wildman–Crippen MR) is 146 cm³/mol. The highest BCUT2D eigenvalue weighted by Gasteiger charge is 2.59. The van der Waals surface area contributed by atoms with E-state index >= 15 is 0 Å². The van der Waals surface area contributed by atoms with E-state index in [4.69, 9.17) is 4.74 Å². The van der Waals surface area contributed by atoms with Gasteiger partial charge in [-0.05, 0) is 79.8 Å². The van der Waals surface area contributed by atoms with Crippen LogP contribution in [0.25, 0.3) is 0 Å². The van der Waals surface area contributed by atoms with Gasteiger partial charge in [0.25, 0.3) is 0 Å². The molecule has 1 aromatic rings. The van der Waals surface area contributed by atoms with Gasteiger partial charge in [-0.1, -0.05) is 49.8 Å². The topological polar surface area (TPSA) is 110 Å². The van der Waals surface area contributed by atoms with E-state index in [1.54, 1.807) is 0 Å². The van der Waals surface area contributed by atoms with Crippen molar-refractivity contribution in [2.24, 2.45) is 28.6 Å². The number of fused-ring (bicyclic) bond motifs is 5. The Labute approximate surface area is 230 Å². The van der Waals surface area contributed by atoms with Gasteiger partial charge in [-0.2, -0.15) is 0 Å². The lowest BCUT2D eigenvalue weighted by atomic mass is 9.47. The van der Waals surface area contributed by atoms with Crippen LogP contribution in [0.1, 0.15) is 83.6 Å². The highest BCUT2D eigenvalue weighted by atomic mass is 16.5. The van der Waals surface area contributed by atoms with Crippen molar-refractivity contribution in [1.29, 1.82) is 0 Å². The SMILES string of the molecule is C[C@]12CC[C@H]3[C@@H](CCC4=CC(=O)CC[C@@]43C)[C@@H]1CC[C@@H]2OC(=O)CCC(=O)N[C@H](Cc1ccccc1)C(=O)O. The van der Waals surface area contributed by atoms with Crippen LogP contribution >= 0.6 is 0 Å². The van der Waals surface area contributed by atoms with Crippen LogP contribution < -0.4 is 5.32 Å². The lowest BCUT2D eigenvalue weighted by Crippen LogP contribution is -2.51. The van der Waals surface area contributed by atoms with E-state index in [0.29, 0.717) is 24.2 Å². The lowest BCUT2D eigenvalue weighted by molar-refractivity contribution is -0.160. The van der Waals surface area contributed by atoms with Crippen LogP contribution in [0.15, 0.2) is 42.0 Å². The number of carboxylic acid groups (broad SMARTS) is 1. The van der Waals surface area contributed by atoms with Gasteiger partial charge < -0.3 is 15.2 Å². The molecule has 4 aliphatic rings. The number of ketones is 1. The second-order valence-corrected chi connectivity index (χ2v) is 12.7. The van der Waals surface area contributed by atoms with Gasteiger partial charge in [-0.25, -0.2) is 4.79 Å². The first-order chi connectivity index (χ1) is 18.6. The Hall–Kier alpha value is -2.96. The molecule has 1 amide bonds. The maximum atomic E-state index is 12.8. The van der Waals surface area contributed by atoms with Gasteiger partial charge in [-0.15, -0.1) is 0 Å². The van der Waals surface area contributed by atoms with Gasteiger partial charge in [0.15, 0.2) is 5.78 Å². The number of hydrogen-bond donors (Lipinski definition) is 2. The molecule has 0 bridgehead atoms. The molecule has 0 heterocycles. The summed E-state index contributed by atoms with van der Waals surface area (Å²) >= 11 is 0. The van der Waals surface area contributed by atoms with Gasteiger partial charge in [0, 0.05) is 24.7 Å². The molecule has 0 aromatic heterocycles. The molecule has 7 heteroatoms. The monoisotopic (exact) mass is 535 g/mol. The van der Waals surface area contributed by atoms with Crippen LogP contribution in [0.4, 0.5) is 0 Å². The fourth-order valence-electron chi connectivity index (χ4n) is 8.45. The van der Waals surface area contributed by atoms with Crippen molar-refractivity contribution in [2.75, 3.05) is 0 Å². The fourth-order valence-corrected chi connectivity index (χ4v) is 8.45. The molecule has 3 fully saturated rings. The van der Waals surface area contributed by atoms with E-state index in [9.17, 15) is 24.3 Å². The second-order valence-electron chi connectivity index (χ2n) is 12.7. The van der Waals surface area contributed by atoms with E-state index in [2.05, 4.69) is 19.2 Å². The molecule has 0 spiro atoms. The number of nitrogens with one attached hydrogen (secondary N) is 1. The van der Waals surface area contributed by atoms with E-state index in [1.165, 1.54) is 5.57 Å². The molecular formula is C32H41NO6. The molecular weight excluding hydrogens is 494 g/mol. The smallest absolute Gasteiger partial charge is 0.326 e. The van der Waals surface area contributed by atoms with Crippen LogP contribution in [0, 0.1) is 28.6 Å². The summed E-state index contributed by atoms with van der Waals surface area (Å²) in [6, 6.07) is 8.10. The average molecular weight is 536 g/mol. The van der Waals surface area contributed by atoms with E-state index in [-0.39, 0.29) is 47.9 Å². The summed E-state index contributed by atoms with van der Waals surface area (Å²) in [6.45, 7) is 4.65. The Kier molecular flexibility index (Phi) is 7.71. The minimum atomic E-state index is -1.10. The molecule has 0 saturated heterocycles. The third kappa shape index (κ3) is 5.42. The zero-order valence-corrected chi connectivity index (χ0v) is 23.1. The molecule has 4 aliphatic carbocycles. The maximum Gasteiger partial charge on any atom is 0.326 e. The Bertz CT molecular complexity index is 1160. The number of ether oxygens (including phenoxy) is 1. The molecule has 7 nitrogen and oxygen atoms in total. The van der Waals surface area contributed by atoms with Crippen LogP contribution in [0.3, 0.4) is 0 Å². The predicted octanol–water partition coefficient (Wildman–Crippen LogP) is 5.02. The van der Waals surface area contributed by atoms with Gasteiger partial charge in [-0.3, -0.25) is 14.4 Å². The standard InChI is InChI=1S/C32H41NO6/c1-31-16-14-22(34)19-21(31)8-9-23-24-10-11-27(32(24,2)17-15-25(23)31)39-29(36)13-12-28(35)33-26(30(37)38)18-20-6-4-3-5-7-20/h3-7,19,23-27H,8-18H2,1-2H3,(H,33,35)(H,37,38)/t23-,24-,25-,26+,27-,31-,32-/m0/s1. The van der Waals surface area contributed by atoms with Gasteiger partial charge in [0.2, 0.25) is 5.91 Å². The number of carboxylic acids is 1. The molecule has 2 N–H and O–H groups in total. The number of aliphatic carboxylic acids is 1. The van der Waals surface area contributed by atoms with Crippen molar-refractivity contribution in [3.05, 3.63) is 47.5 Å². The Morgan fingerprint density at radius 3 is 2.51 bits per heavy atom. The molecule has 1 aromatic carbocycles. The first-order valence-electron chi connectivity index (χ1n) is 14.6. The summed E-state index contributed by atoms with van der Waals surface area (Å²) < 4.78 is 6.02. The van der Waals surface area contributed by atoms with E-state index < -0.39 is 17.9 Å². The Balaban J connectivity index is 1.15. The highest BCUT2D eigenvalue weighted by molar-refractivity contribution is 5.91. The molecule has 0 aliphatic heterocycles. The van der Waals surface area contributed by atoms with Gasteiger partial charge in [0.1, 0.15) is 12.1 Å². The van der Waals surface area contributed by atoms with Gasteiger partial charge in [0.05, 0.1) is 6.42 Å². The normalized spacial score (nSPS) is 34.1. The minimum Gasteiger partial charge on any atom is -0.480 e. The Morgan fingerprint density at radius 2 is 1.77 bits per heavy atom. The number of esters is 1. The number of amides is 1. The van der Waals surface area contributed by atoms with Crippen LogP contribution in [-0.4, -0.2) is 40.9 Å². The van der Waals surface area contributed by atoms with Gasteiger partial charge >= 0.3 is 11.9 Å². The molecule has 0 radical (unpaired) electrons. The summed E-state index contributed by atoms with van der Waals surface area (Å²) in [6.07, 6.45) is 9.51. The largest absolute Gasteiger partial charge is 0.480 e. The zero-order valence-electron chi connectivity index (χ0n) is 23.1. The first kappa shape index (κ1) is 27.6. The van der Waals surface area contributed by atoms with Crippen molar-refractivity contribution in [2.45, 2.75) is 96.6 Å². The number of carbonyl (C=O) groups is 4. The summed E-state index contributed by atoms with van der Waals surface area (Å²) in [5.41, 5.74) is 2.23. The van der Waals surface area contributed by atoms with E-state index in [1.807, 2.05) is 36.4 Å². The van der Waals surface area contributed by atoms with Crippen molar-refractivity contribution in [3.63, 3.8) is 0 Å². The lowest BCUT2D eigenvalue weighted by Gasteiger charge is -2.57. The first-order valence-corrected chi connectivity index (χ1v) is 14.6. The molecule has 0 unspecified atom stereocenters. The third-order valence-corrected chi connectivity index (χ3v) is 10.6. The quantitative estimate of drug-likeness (QED) is 0.452. The number of benzene rings is 1. The third-order valence-electron chi connectivity index (χ3n) is 10.6. The number of rotatable bonds is 8. The van der Waals surface area contributed by atoms with Crippen molar-refractivity contribution in [1.82, 2.24) is 5.32 Å².